The van der Waals surface area contributed by atoms with Gasteiger partial charge in [-0.3, -0.25) is 9.59 Å². The maximum absolute atomic E-state index is 12.7. The lowest BCUT2D eigenvalue weighted by molar-refractivity contribution is -0.134. The first-order valence-corrected chi connectivity index (χ1v) is 12.0. The normalized spacial score (nSPS) is 13.5. The molecule has 3 N–H and O–H groups in total. The Morgan fingerprint density at radius 3 is 2.15 bits per heavy atom. The number of ether oxygens (including phenoxy) is 1. The van der Waals surface area contributed by atoms with E-state index in [2.05, 4.69) is 34.9 Å². The van der Waals surface area contributed by atoms with Crippen LogP contribution in [0.25, 0.3) is 11.1 Å². The van der Waals surface area contributed by atoms with Gasteiger partial charge < -0.3 is 20.5 Å². The lowest BCUT2D eigenvalue weighted by Crippen LogP contribution is -2.54. The fourth-order valence-corrected chi connectivity index (χ4v) is 4.51. The van der Waals surface area contributed by atoms with Crippen LogP contribution in [0.3, 0.4) is 0 Å². The molecule has 0 saturated carbocycles. The van der Waals surface area contributed by atoms with E-state index in [1.165, 1.54) is 11.8 Å². The van der Waals surface area contributed by atoms with Gasteiger partial charge in [0.25, 0.3) is 0 Å². The molecule has 0 fully saturated rings. The third-order valence-corrected chi connectivity index (χ3v) is 6.45. The largest absolute Gasteiger partial charge is 0.481 e. The zero-order valence-electron chi connectivity index (χ0n) is 19.1. The molecule has 1 aliphatic carbocycles. The molecule has 0 aliphatic heterocycles. The first-order chi connectivity index (χ1) is 15.7. The number of hydrogen-bond acceptors (Lipinski definition) is 5. The quantitative estimate of drug-likeness (QED) is 0.481. The average molecular weight is 471 g/mol. The summed E-state index contributed by atoms with van der Waals surface area (Å²) in [5.74, 6) is -0.824. The van der Waals surface area contributed by atoms with Crippen molar-refractivity contribution in [1.82, 2.24) is 10.6 Å². The number of carboxylic acids is 1. The molecule has 1 atom stereocenters. The van der Waals surface area contributed by atoms with E-state index in [9.17, 15) is 14.4 Å². The molecule has 2 aromatic rings. The average Bonchev–Trinajstić information content (AvgIpc) is 3.08. The minimum Gasteiger partial charge on any atom is -0.481 e. The summed E-state index contributed by atoms with van der Waals surface area (Å²) in [5, 5.41) is 14.2. The van der Waals surface area contributed by atoms with E-state index in [4.69, 9.17) is 9.84 Å². The number of amides is 2. The van der Waals surface area contributed by atoms with Gasteiger partial charge in [0.2, 0.25) is 5.91 Å². The fraction of sp³-hybridized carbons (Fsp3) is 0.400. The lowest BCUT2D eigenvalue weighted by atomic mass is 9.86. The number of rotatable bonds is 9. The number of carbonyl (C=O) groups is 3. The number of nitrogens with one attached hydrogen (secondary N) is 2. The van der Waals surface area contributed by atoms with E-state index >= 15 is 0 Å². The van der Waals surface area contributed by atoms with Crippen molar-refractivity contribution in [2.75, 3.05) is 24.7 Å². The van der Waals surface area contributed by atoms with Gasteiger partial charge in [-0.1, -0.05) is 69.3 Å². The highest BCUT2D eigenvalue weighted by molar-refractivity contribution is 7.99. The minimum atomic E-state index is -0.893. The number of benzene rings is 2. The number of carbonyl (C=O) groups excluding carboxylic acids is 2. The van der Waals surface area contributed by atoms with Gasteiger partial charge in [-0.15, -0.1) is 11.8 Å². The van der Waals surface area contributed by atoms with Crippen LogP contribution >= 0.6 is 11.8 Å². The highest BCUT2D eigenvalue weighted by Crippen LogP contribution is 2.44. The summed E-state index contributed by atoms with van der Waals surface area (Å²) in [6.45, 7) is 6.07. The van der Waals surface area contributed by atoms with Gasteiger partial charge in [0.05, 0.1) is 5.75 Å². The van der Waals surface area contributed by atoms with Gasteiger partial charge in [0, 0.05) is 18.2 Å². The van der Waals surface area contributed by atoms with Crippen molar-refractivity contribution in [3.63, 3.8) is 0 Å². The van der Waals surface area contributed by atoms with Crippen LogP contribution in [0.2, 0.25) is 0 Å². The van der Waals surface area contributed by atoms with Crippen molar-refractivity contribution in [2.24, 2.45) is 5.41 Å². The summed E-state index contributed by atoms with van der Waals surface area (Å²) < 4.78 is 5.59. The van der Waals surface area contributed by atoms with Crippen LogP contribution in [0.1, 0.15) is 37.8 Å². The van der Waals surface area contributed by atoms with Gasteiger partial charge >= 0.3 is 12.1 Å². The molecule has 176 valence electrons. The Bertz CT molecular complexity index is 972. The summed E-state index contributed by atoms with van der Waals surface area (Å²) in [7, 11) is 0. The maximum atomic E-state index is 12.7. The Morgan fingerprint density at radius 1 is 1.03 bits per heavy atom. The molecule has 0 bridgehead atoms. The zero-order chi connectivity index (χ0) is 24.0. The van der Waals surface area contributed by atoms with Crippen molar-refractivity contribution in [3.05, 3.63) is 59.7 Å². The number of fused-ring (bicyclic) bond motifs is 3. The number of carboxylic acid groups (broad SMARTS) is 1. The van der Waals surface area contributed by atoms with Crippen LogP contribution in [0, 0.1) is 5.41 Å². The van der Waals surface area contributed by atoms with Crippen LogP contribution in [0.4, 0.5) is 4.79 Å². The topological polar surface area (TPSA) is 105 Å². The van der Waals surface area contributed by atoms with Gasteiger partial charge in [-0.2, -0.15) is 0 Å². The number of aliphatic carboxylic acids is 1. The summed E-state index contributed by atoms with van der Waals surface area (Å²) >= 11 is 1.22. The van der Waals surface area contributed by atoms with Gasteiger partial charge in [-0.05, 0) is 27.7 Å². The second-order valence-electron chi connectivity index (χ2n) is 9.01. The molecule has 0 heterocycles. The van der Waals surface area contributed by atoms with Crippen molar-refractivity contribution in [1.29, 1.82) is 0 Å². The number of hydrogen-bond donors (Lipinski definition) is 3. The highest BCUT2D eigenvalue weighted by atomic mass is 32.2. The molecule has 0 saturated heterocycles. The zero-order valence-corrected chi connectivity index (χ0v) is 19.9. The predicted molar refractivity (Wildman–Crippen MR) is 129 cm³/mol. The smallest absolute Gasteiger partial charge is 0.407 e. The monoisotopic (exact) mass is 470 g/mol. The molecule has 3 rings (SSSR count). The van der Waals surface area contributed by atoms with E-state index in [0.29, 0.717) is 12.3 Å². The summed E-state index contributed by atoms with van der Waals surface area (Å²) in [6, 6.07) is 15.4. The molecular weight excluding hydrogens is 440 g/mol. The van der Waals surface area contributed by atoms with Gasteiger partial charge in [0.1, 0.15) is 12.6 Å². The van der Waals surface area contributed by atoms with Crippen molar-refractivity contribution < 1.29 is 24.2 Å². The molecule has 1 aliphatic rings. The Labute approximate surface area is 198 Å². The second-order valence-corrected chi connectivity index (χ2v) is 10.1. The fourth-order valence-electron chi connectivity index (χ4n) is 3.94. The Kier molecular flexibility index (Phi) is 8.02. The van der Waals surface area contributed by atoms with Gasteiger partial charge in [-0.25, -0.2) is 4.79 Å². The van der Waals surface area contributed by atoms with E-state index in [-0.39, 0.29) is 24.2 Å². The third kappa shape index (κ3) is 6.28. The van der Waals surface area contributed by atoms with Crippen molar-refractivity contribution in [3.8, 4) is 11.1 Å². The molecule has 33 heavy (non-hydrogen) atoms. The van der Waals surface area contributed by atoms with E-state index in [1.54, 1.807) is 0 Å². The van der Waals surface area contributed by atoms with Crippen molar-refractivity contribution >= 4 is 29.7 Å². The molecule has 0 aromatic heterocycles. The predicted octanol–water partition coefficient (Wildman–Crippen LogP) is 3.87. The molecule has 2 aromatic carbocycles. The Morgan fingerprint density at radius 2 is 1.61 bits per heavy atom. The summed E-state index contributed by atoms with van der Waals surface area (Å²) in [5.41, 5.74) is 4.00. The van der Waals surface area contributed by atoms with Crippen LogP contribution in [-0.4, -0.2) is 53.8 Å². The second kappa shape index (κ2) is 10.7. The molecule has 0 unspecified atom stereocenters. The number of alkyl carbamates (subject to hydrolysis) is 1. The molecule has 0 radical (unpaired) electrons. The van der Waals surface area contributed by atoms with Crippen molar-refractivity contribution in [2.45, 2.75) is 32.7 Å². The minimum absolute atomic E-state index is 0.0173. The molecule has 0 spiro atoms. The van der Waals surface area contributed by atoms with E-state index in [1.807, 2.05) is 45.0 Å². The van der Waals surface area contributed by atoms with Gasteiger partial charge in [0.15, 0.2) is 0 Å². The maximum Gasteiger partial charge on any atom is 0.407 e. The van der Waals surface area contributed by atoms with Crippen LogP contribution in [0.15, 0.2) is 48.5 Å². The standard InChI is InChI=1S/C25H30N2O5S/c1-25(2,3)22(23(30)26-12-13-33-15-21(28)29)27-24(31)32-14-20-18-10-6-4-8-16(18)17-9-5-7-11-19(17)20/h4-11,20,22H,12-15H2,1-3H3,(H,26,30)(H,27,31)(H,28,29)/t22-/m0/s1. The highest BCUT2D eigenvalue weighted by Gasteiger charge is 2.34. The molecular formula is C25H30N2O5S. The number of thioether (sulfide) groups is 1. The van der Waals surface area contributed by atoms with E-state index < -0.39 is 23.5 Å². The van der Waals surface area contributed by atoms with Crippen LogP contribution in [-0.2, 0) is 14.3 Å². The lowest BCUT2D eigenvalue weighted by Gasteiger charge is -2.30. The first kappa shape index (κ1) is 24.6. The Hall–Kier alpha value is -3.00. The molecule has 2 amide bonds. The summed E-state index contributed by atoms with van der Waals surface area (Å²) in [6.07, 6.45) is -0.646. The molecule has 8 heteroatoms. The van der Waals surface area contributed by atoms with Crippen LogP contribution < -0.4 is 10.6 Å². The summed E-state index contributed by atoms with van der Waals surface area (Å²) in [4.78, 5) is 35.9. The third-order valence-electron chi connectivity index (χ3n) is 5.51. The Balaban J connectivity index is 1.59. The van der Waals surface area contributed by atoms with Crippen LogP contribution in [0.5, 0.6) is 0 Å². The van der Waals surface area contributed by atoms with E-state index in [0.717, 1.165) is 22.3 Å². The SMILES string of the molecule is CC(C)(C)[C@@H](NC(=O)OCC1c2ccccc2-c2ccccc21)C(=O)NCCSCC(=O)O. The first-order valence-electron chi connectivity index (χ1n) is 10.9. The molecule has 7 nitrogen and oxygen atoms in total.